The number of quaternary nitrogens is 1. The van der Waals surface area contributed by atoms with Gasteiger partial charge in [-0.3, -0.25) is 9.59 Å². The fourth-order valence-corrected chi connectivity index (χ4v) is 6.26. The predicted molar refractivity (Wildman–Crippen MR) is 163 cm³/mol. The highest BCUT2D eigenvalue weighted by molar-refractivity contribution is 5.97. The molecule has 1 heterocycles. The number of nitrogens with zero attached hydrogens (tertiary/aromatic N) is 2. The first-order valence-electron chi connectivity index (χ1n) is 14.8. The lowest BCUT2D eigenvalue weighted by Gasteiger charge is -2.42. The lowest BCUT2D eigenvalue weighted by molar-refractivity contribution is -0.947. The van der Waals surface area contributed by atoms with Crippen LogP contribution in [0.25, 0.3) is 0 Å². The second kappa shape index (κ2) is 13.6. The van der Waals surface area contributed by atoms with Crippen LogP contribution in [0.1, 0.15) is 37.4 Å². The van der Waals surface area contributed by atoms with E-state index in [0.717, 1.165) is 29.9 Å². The van der Waals surface area contributed by atoms with E-state index in [0.29, 0.717) is 55.0 Å². The smallest absolute Gasteiger partial charge is 0.254 e. The van der Waals surface area contributed by atoms with E-state index in [9.17, 15) is 14.7 Å². The van der Waals surface area contributed by atoms with Crippen molar-refractivity contribution in [2.45, 2.75) is 31.5 Å². The minimum Gasteiger partial charge on any atom is -0.497 e. The van der Waals surface area contributed by atoms with Gasteiger partial charge in [-0.25, -0.2) is 0 Å². The maximum absolute atomic E-state index is 13.0. The number of hydrogen-bond acceptors (Lipinski definition) is 6. The van der Waals surface area contributed by atoms with Gasteiger partial charge in [-0.1, -0.05) is 24.3 Å². The minimum absolute atomic E-state index is 0.0645. The monoisotopic (exact) mass is 588 g/mol. The third-order valence-corrected chi connectivity index (χ3v) is 8.76. The number of hydrogen-bond donors (Lipinski definition) is 2. The second-order valence-electron chi connectivity index (χ2n) is 11.7. The highest BCUT2D eigenvalue weighted by Gasteiger charge is 2.39. The Hall–Kier alpha value is -3.92. The number of methoxy groups -OCH3 is 2. The molecule has 2 aliphatic rings. The van der Waals surface area contributed by atoms with Crippen LogP contribution in [0.2, 0.25) is 0 Å². The van der Waals surface area contributed by atoms with E-state index >= 15 is 0 Å². The zero-order valence-electron chi connectivity index (χ0n) is 25.3. The Morgan fingerprint density at radius 1 is 0.977 bits per heavy atom. The number of aliphatic hydroxyl groups is 1. The largest absolute Gasteiger partial charge is 0.497 e. The van der Waals surface area contributed by atoms with Crippen LogP contribution in [0, 0.1) is 0 Å². The van der Waals surface area contributed by atoms with Crippen LogP contribution >= 0.6 is 0 Å². The van der Waals surface area contributed by atoms with Crippen LogP contribution in [0.4, 0.5) is 0 Å². The molecule has 0 radical (unpaired) electrons. The molecule has 1 aliphatic heterocycles. The average Bonchev–Trinajstić information content (AvgIpc) is 3.49. The Balaban J connectivity index is 1.25. The Bertz CT molecular complexity index is 1400. The number of ether oxygens (including phenoxy) is 3. The molecule has 3 aromatic rings. The molecule has 0 bridgehead atoms. The van der Waals surface area contributed by atoms with Gasteiger partial charge in [0.25, 0.3) is 11.8 Å². The number of carbonyl (C=O) groups is 2. The number of carbonyl (C=O) groups excluding carboxylic acids is 2. The Morgan fingerprint density at radius 3 is 2.26 bits per heavy atom. The maximum atomic E-state index is 13.0. The zero-order chi connectivity index (χ0) is 30.4. The molecular formula is C34H42N3O6+. The molecule has 1 saturated heterocycles. The third kappa shape index (κ3) is 7.18. The van der Waals surface area contributed by atoms with Crippen molar-refractivity contribution in [2.75, 3.05) is 60.7 Å². The minimum atomic E-state index is -0.774. The molecular weight excluding hydrogens is 546 g/mol. The van der Waals surface area contributed by atoms with Crippen LogP contribution in [-0.4, -0.2) is 99.1 Å². The highest BCUT2D eigenvalue weighted by atomic mass is 16.5. The molecule has 3 aromatic carbocycles. The summed E-state index contributed by atoms with van der Waals surface area (Å²) in [5, 5.41) is 14.2. The molecule has 2 amide bonds. The molecule has 2 atom stereocenters. The van der Waals surface area contributed by atoms with Gasteiger partial charge in [0.05, 0.1) is 40.5 Å². The van der Waals surface area contributed by atoms with E-state index in [2.05, 4.69) is 36.6 Å². The van der Waals surface area contributed by atoms with Crippen molar-refractivity contribution < 1.29 is 33.4 Å². The van der Waals surface area contributed by atoms with Crippen molar-refractivity contribution in [1.82, 2.24) is 10.2 Å². The highest BCUT2D eigenvalue weighted by Crippen LogP contribution is 2.34. The summed E-state index contributed by atoms with van der Waals surface area (Å²) < 4.78 is 17.0. The van der Waals surface area contributed by atoms with Gasteiger partial charge in [-0.2, -0.15) is 0 Å². The first-order valence-corrected chi connectivity index (χ1v) is 14.8. The molecule has 2 N–H and O–H groups in total. The maximum Gasteiger partial charge on any atom is 0.254 e. The van der Waals surface area contributed by atoms with Gasteiger partial charge in [-0.05, 0) is 47.5 Å². The number of fused-ring (bicyclic) bond motifs is 1. The molecule has 0 saturated carbocycles. The molecule has 0 aromatic heterocycles. The number of morpholine rings is 1. The van der Waals surface area contributed by atoms with E-state index in [1.807, 2.05) is 18.2 Å². The molecule has 1 unspecified atom stereocenters. The summed E-state index contributed by atoms with van der Waals surface area (Å²) in [7, 11) is 5.47. The first-order chi connectivity index (χ1) is 20.8. The molecule has 9 heteroatoms. The predicted octanol–water partition coefficient (Wildman–Crippen LogP) is 3.08. The van der Waals surface area contributed by atoms with Crippen molar-refractivity contribution in [1.29, 1.82) is 0 Å². The summed E-state index contributed by atoms with van der Waals surface area (Å²) in [5.74, 6) is 1.12. The molecule has 1 fully saturated rings. The zero-order valence-corrected chi connectivity index (χ0v) is 25.3. The van der Waals surface area contributed by atoms with Crippen LogP contribution in [0.3, 0.4) is 0 Å². The number of rotatable bonds is 11. The summed E-state index contributed by atoms with van der Waals surface area (Å²) in [4.78, 5) is 27.5. The van der Waals surface area contributed by atoms with E-state index in [1.54, 1.807) is 43.4 Å². The molecule has 9 nitrogen and oxygen atoms in total. The molecule has 5 rings (SSSR count). The molecule has 1 aliphatic carbocycles. The van der Waals surface area contributed by atoms with Gasteiger partial charge in [-0.15, -0.1) is 0 Å². The van der Waals surface area contributed by atoms with Gasteiger partial charge in [0.15, 0.2) is 0 Å². The quantitative estimate of drug-likeness (QED) is 0.334. The number of nitrogens with one attached hydrogen (secondary N) is 1. The molecule has 0 spiro atoms. The van der Waals surface area contributed by atoms with Crippen LogP contribution in [0.15, 0.2) is 66.7 Å². The molecule has 43 heavy (non-hydrogen) atoms. The Labute approximate surface area is 253 Å². The number of likely N-dealkylation sites (N-methyl/N-ethyl adjacent to an activating group) is 1. The SMILES string of the molecule is COc1ccc(C[N+](C)(C[C@@H](O)CNC(=O)c2ccc(C(=O)N3CCOCC3)cc2)C2Cc3ccccc3C2)c(OC)c1. The van der Waals surface area contributed by atoms with E-state index in [1.165, 1.54) is 11.1 Å². The van der Waals surface area contributed by atoms with Crippen molar-refractivity contribution in [3.63, 3.8) is 0 Å². The summed E-state index contributed by atoms with van der Waals surface area (Å²) in [6, 6.07) is 21.3. The van der Waals surface area contributed by atoms with Crippen molar-refractivity contribution >= 4 is 11.8 Å². The van der Waals surface area contributed by atoms with Gasteiger partial charge in [0, 0.05) is 55.2 Å². The van der Waals surface area contributed by atoms with Crippen molar-refractivity contribution in [3.05, 3.63) is 94.5 Å². The lowest BCUT2D eigenvalue weighted by atomic mass is 10.0. The van der Waals surface area contributed by atoms with E-state index < -0.39 is 6.10 Å². The fraction of sp³-hybridized carbons (Fsp3) is 0.412. The number of benzene rings is 3. The van der Waals surface area contributed by atoms with E-state index in [-0.39, 0.29) is 24.4 Å². The third-order valence-electron chi connectivity index (χ3n) is 8.76. The molecule has 228 valence electrons. The van der Waals surface area contributed by atoms with Gasteiger partial charge < -0.3 is 34.0 Å². The first kappa shape index (κ1) is 30.5. The topological polar surface area (TPSA) is 97.3 Å². The van der Waals surface area contributed by atoms with E-state index in [4.69, 9.17) is 14.2 Å². The average molecular weight is 589 g/mol. The Morgan fingerprint density at radius 2 is 1.63 bits per heavy atom. The number of amides is 2. The standard InChI is InChI=1S/C34H41N3O6/c1-37(29-18-26-6-4-5-7-27(26)19-29,22-28-12-13-31(41-2)20-32(28)42-3)23-30(38)21-35-33(39)24-8-10-25(11-9-24)34(40)36-14-16-43-17-15-36/h4-13,20,29-30,38H,14-19,21-23H2,1-3H3/p+1/t30-,37?/m0/s1. The van der Waals surface area contributed by atoms with Crippen LogP contribution < -0.4 is 14.8 Å². The lowest BCUT2D eigenvalue weighted by Crippen LogP contribution is -2.57. The fourth-order valence-electron chi connectivity index (χ4n) is 6.26. The summed E-state index contributed by atoms with van der Waals surface area (Å²) in [5.41, 5.74) is 4.70. The Kier molecular flexibility index (Phi) is 9.65. The summed E-state index contributed by atoms with van der Waals surface area (Å²) in [6.07, 6.45) is 1.06. The van der Waals surface area contributed by atoms with Crippen molar-refractivity contribution in [2.24, 2.45) is 0 Å². The van der Waals surface area contributed by atoms with Crippen LogP contribution in [0.5, 0.6) is 11.5 Å². The number of aliphatic hydroxyl groups excluding tert-OH is 1. The summed E-state index contributed by atoms with van der Waals surface area (Å²) >= 11 is 0. The van der Waals surface area contributed by atoms with Crippen LogP contribution in [-0.2, 0) is 24.1 Å². The van der Waals surface area contributed by atoms with Gasteiger partial charge >= 0.3 is 0 Å². The second-order valence-corrected chi connectivity index (χ2v) is 11.7. The van der Waals surface area contributed by atoms with Gasteiger partial charge in [0.2, 0.25) is 0 Å². The normalized spacial score (nSPS) is 17.1. The van der Waals surface area contributed by atoms with Crippen molar-refractivity contribution in [3.8, 4) is 11.5 Å². The summed E-state index contributed by atoms with van der Waals surface area (Å²) in [6.45, 7) is 3.40. The van der Waals surface area contributed by atoms with Gasteiger partial charge in [0.1, 0.15) is 30.7 Å².